The number of nitrogens with zero attached hydrogens (tertiary/aromatic N) is 1. The molecule has 0 unspecified atom stereocenters. The van der Waals surface area contributed by atoms with Crippen molar-refractivity contribution in [2.24, 2.45) is 0 Å². The standard InChI is InChI=1S/C21H29FN2O3/c22-17-10-12-18(13-11-17)23-19(25)9-7-5-3-1-2-4-6-8-16-24-20(26)14-15-21(24)27/h10-13H,1-9,14-16H2,(H,23,25). The highest BCUT2D eigenvalue weighted by Crippen LogP contribution is 2.15. The molecule has 0 spiro atoms. The predicted octanol–water partition coefficient (Wildman–Crippen LogP) is 4.42. The molecule has 1 aromatic rings. The highest BCUT2D eigenvalue weighted by molar-refractivity contribution is 6.01. The predicted molar refractivity (Wildman–Crippen MR) is 103 cm³/mol. The van der Waals surface area contributed by atoms with E-state index in [0.717, 1.165) is 51.4 Å². The maximum atomic E-state index is 12.8. The Balaban J connectivity index is 1.40. The highest BCUT2D eigenvalue weighted by Gasteiger charge is 2.27. The van der Waals surface area contributed by atoms with Crippen molar-refractivity contribution >= 4 is 23.4 Å². The summed E-state index contributed by atoms with van der Waals surface area (Å²) in [5.41, 5.74) is 0.624. The molecule has 6 heteroatoms. The van der Waals surface area contributed by atoms with E-state index >= 15 is 0 Å². The maximum Gasteiger partial charge on any atom is 0.229 e. The summed E-state index contributed by atoms with van der Waals surface area (Å²) in [6.07, 6.45) is 9.54. The third-order valence-electron chi connectivity index (χ3n) is 4.82. The first kappa shape index (κ1) is 21.1. The van der Waals surface area contributed by atoms with Crippen LogP contribution in [0.1, 0.15) is 70.6 Å². The Morgan fingerprint density at radius 2 is 1.37 bits per heavy atom. The molecule has 0 bridgehead atoms. The van der Waals surface area contributed by atoms with Gasteiger partial charge in [-0.3, -0.25) is 19.3 Å². The number of hydrogen-bond donors (Lipinski definition) is 1. The quantitative estimate of drug-likeness (QED) is 0.434. The van der Waals surface area contributed by atoms with E-state index in [2.05, 4.69) is 5.32 Å². The van der Waals surface area contributed by atoms with Crippen LogP contribution in [0.25, 0.3) is 0 Å². The molecule has 5 nitrogen and oxygen atoms in total. The minimum absolute atomic E-state index is 0.0246. The molecule has 0 radical (unpaired) electrons. The lowest BCUT2D eigenvalue weighted by molar-refractivity contribution is -0.138. The topological polar surface area (TPSA) is 66.5 Å². The number of nitrogens with one attached hydrogen (secondary N) is 1. The fourth-order valence-corrected chi connectivity index (χ4v) is 3.25. The minimum Gasteiger partial charge on any atom is -0.326 e. The molecule has 1 aliphatic heterocycles. The summed E-state index contributed by atoms with van der Waals surface area (Å²) in [4.78, 5) is 36.2. The van der Waals surface area contributed by atoms with E-state index in [1.165, 1.54) is 17.0 Å². The van der Waals surface area contributed by atoms with Crippen LogP contribution in [0, 0.1) is 5.82 Å². The summed E-state index contributed by atoms with van der Waals surface area (Å²) >= 11 is 0. The van der Waals surface area contributed by atoms with Crippen molar-refractivity contribution in [2.45, 2.75) is 70.6 Å². The monoisotopic (exact) mass is 376 g/mol. The first-order chi connectivity index (χ1) is 13.1. The molecule has 2 rings (SSSR count). The van der Waals surface area contributed by atoms with Crippen molar-refractivity contribution in [3.8, 4) is 0 Å². The summed E-state index contributed by atoms with van der Waals surface area (Å²) in [7, 11) is 0. The van der Waals surface area contributed by atoms with Gasteiger partial charge in [-0.1, -0.05) is 38.5 Å². The molecule has 1 aliphatic rings. The van der Waals surface area contributed by atoms with E-state index in [9.17, 15) is 18.8 Å². The van der Waals surface area contributed by atoms with Crippen molar-refractivity contribution < 1.29 is 18.8 Å². The second-order valence-electron chi connectivity index (χ2n) is 7.07. The molecular weight excluding hydrogens is 347 g/mol. The average molecular weight is 376 g/mol. The second-order valence-corrected chi connectivity index (χ2v) is 7.07. The van der Waals surface area contributed by atoms with Gasteiger partial charge in [-0.25, -0.2) is 4.39 Å². The Labute approximate surface area is 160 Å². The number of carbonyl (C=O) groups excluding carboxylic acids is 3. The van der Waals surface area contributed by atoms with Crippen LogP contribution in [0.4, 0.5) is 10.1 Å². The fourth-order valence-electron chi connectivity index (χ4n) is 3.25. The largest absolute Gasteiger partial charge is 0.326 e. The van der Waals surface area contributed by atoms with Crippen molar-refractivity contribution in [1.29, 1.82) is 0 Å². The summed E-state index contributed by atoms with van der Waals surface area (Å²) in [5.74, 6) is -0.398. The molecule has 3 amide bonds. The van der Waals surface area contributed by atoms with Crippen LogP contribution in [0.15, 0.2) is 24.3 Å². The lowest BCUT2D eigenvalue weighted by atomic mass is 10.1. The second kappa shape index (κ2) is 11.5. The number of likely N-dealkylation sites (tertiary alicyclic amines) is 1. The number of halogens is 1. The Kier molecular flexibility index (Phi) is 8.95. The molecule has 0 aromatic heterocycles. The number of benzene rings is 1. The number of anilines is 1. The van der Waals surface area contributed by atoms with Gasteiger partial charge in [0.2, 0.25) is 17.7 Å². The molecule has 0 saturated carbocycles. The zero-order chi connectivity index (χ0) is 19.5. The SMILES string of the molecule is O=C(CCCCCCCCCCN1C(=O)CCC1=O)Nc1ccc(F)cc1. The lowest BCUT2D eigenvalue weighted by Gasteiger charge is -2.13. The van der Waals surface area contributed by atoms with Crippen molar-refractivity contribution in [1.82, 2.24) is 4.90 Å². The van der Waals surface area contributed by atoms with Crippen LogP contribution in [-0.2, 0) is 14.4 Å². The van der Waals surface area contributed by atoms with Crippen LogP contribution < -0.4 is 5.32 Å². The van der Waals surface area contributed by atoms with Gasteiger partial charge < -0.3 is 5.32 Å². The molecule has 1 aromatic carbocycles. The summed E-state index contributed by atoms with van der Waals surface area (Å²) in [6, 6.07) is 5.78. The van der Waals surface area contributed by atoms with Crippen molar-refractivity contribution in [3.63, 3.8) is 0 Å². The van der Waals surface area contributed by atoms with Gasteiger partial charge in [0.05, 0.1) is 0 Å². The van der Waals surface area contributed by atoms with Crippen LogP contribution in [-0.4, -0.2) is 29.2 Å². The first-order valence-electron chi connectivity index (χ1n) is 9.95. The first-order valence-corrected chi connectivity index (χ1v) is 9.95. The van der Waals surface area contributed by atoms with Gasteiger partial charge >= 0.3 is 0 Å². The smallest absolute Gasteiger partial charge is 0.229 e. The highest BCUT2D eigenvalue weighted by atomic mass is 19.1. The Bertz CT molecular complexity index is 615. The van der Waals surface area contributed by atoms with E-state index < -0.39 is 0 Å². The Morgan fingerprint density at radius 3 is 1.96 bits per heavy atom. The fraction of sp³-hybridized carbons (Fsp3) is 0.571. The Morgan fingerprint density at radius 1 is 0.852 bits per heavy atom. The van der Waals surface area contributed by atoms with Crippen LogP contribution in [0.2, 0.25) is 0 Å². The summed E-state index contributed by atoms with van der Waals surface area (Å²) in [6.45, 7) is 0.570. The molecule has 1 N–H and O–H groups in total. The van der Waals surface area contributed by atoms with Crippen LogP contribution in [0.3, 0.4) is 0 Å². The number of imide groups is 1. The number of hydrogen-bond acceptors (Lipinski definition) is 3. The lowest BCUT2D eigenvalue weighted by Crippen LogP contribution is -2.29. The molecule has 1 saturated heterocycles. The molecule has 0 atom stereocenters. The van der Waals surface area contributed by atoms with E-state index in [1.807, 2.05) is 0 Å². The van der Waals surface area contributed by atoms with Gasteiger partial charge in [-0.15, -0.1) is 0 Å². The van der Waals surface area contributed by atoms with Gasteiger partial charge in [0, 0.05) is 31.5 Å². The molecule has 1 fully saturated rings. The van der Waals surface area contributed by atoms with Crippen molar-refractivity contribution in [3.05, 3.63) is 30.1 Å². The van der Waals surface area contributed by atoms with E-state index in [1.54, 1.807) is 12.1 Å². The van der Waals surface area contributed by atoms with Gasteiger partial charge in [-0.2, -0.15) is 0 Å². The van der Waals surface area contributed by atoms with E-state index in [4.69, 9.17) is 0 Å². The zero-order valence-electron chi connectivity index (χ0n) is 15.8. The molecule has 148 valence electrons. The number of unbranched alkanes of at least 4 members (excludes halogenated alkanes) is 7. The zero-order valence-corrected chi connectivity index (χ0v) is 15.8. The summed E-state index contributed by atoms with van der Waals surface area (Å²) in [5, 5.41) is 2.77. The molecule has 1 heterocycles. The van der Waals surface area contributed by atoms with Crippen LogP contribution in [0.5, 0.6) is 0 Å². The van der Waals surface area contributed by atoms with Gasteiger partial charge in [0.15, 0.2) is 0 Å². The number of amides is 3. The molecular formula is C21H29FN2O3. The average Bonchev–Trinajstić information content (AvgIpc) is 2.97. The minimum atomic E-state index is -0.314. The van der Waals surface area contributed by atoms with E-state index in [-0.39, 0.29) is 23.5 Å². The molecule has 27 heavy (non-hydrogen) atoms. The van der Waals surface area contributed by atoms with Crippen LogP contribution >= 0.6 is 0 Å². The number of carbonyl (C=O) groups is 3. The van der Waals surface area contributed by atoms with Crippen molar-refractivity contribution in [2.75, 3.05) is 11.9 Å². The number of rotatable bonds is 12. The Hall–Kier alpha value is -2.24. The van der Waals surface area contributed by atoms with Gasteiger partial charge in [0.25, 0.3) is 0 Å². The molecule has 0 aliphatic carbocycles. The third kappa shape index (κ3) is 7.89. The summed E-state index contributed by atoms with van der Waals surface area (Å²) < 4.78 is 12.8. The maximum absolute atomic E-state index is 12.8. The normalized spacial score (nSPS) is 14.0. The van der Waals surface area contributed by atoms with Gasteiger partial charge in [-0.05, 0) is 37.1 Å². The third-order valence-corrected chi connectivity index (χ3v) is 4.82. The van der Waals surface area contributed by atoms with Gasteiger partial charge in [0.1, 0.15) is 5.82 Å². The van der Waals surface area contributed by atoms with E-state index in [0.29, 0.717) is 31.5 Å².